The molecule has 0 radical (unpaired) electrons. The Balaban J connectivity index is 2.09. The van der Waals surface area contributed by atoms with Crippen molar-refractivity contribution in [2.24, 2.45) is 11.5 Å². The number of amides is 1. The van der Waals surface area contributed by atoms with Gasteiger partial charge in [0.15, 0.2) is 5.58 Å². The van der Waals surface area contributed by atoms with Crippen molar-refractivity contribution in [1.29, 1.82) is 0 Å². The first-order chi connectivity index (χ1) is 13.5. The highest BCUT2D eigenvalue weighted by Crippen LogP contribution is 2.31. The average molecular weight is 376 g/mol. The molecule has 142 valence electrons. The van der Waals surface area contributed by atoms with E-state index >= 15 is 0 Å². The standard InChI is InChI=1S/C21H20N4O3/c1-12(26)24-21-16(20(22)23)18(27)17-19(28-21)14-9-5-6-10-15(14)25(17)11-13-7-3-2-4-8-13/h2-10,20H,11,22-23H2,1H3,(H,24,26). The quantitative estimate of drug-likeness (QED) is 0.474. The maximum atomic E-state index is 13.4. The molecule has 0 saturated carbocycles. The number of fused-ring (bicyclic) bond motifs is 3. The van der Waals surface area contributed by atoms with Gasteiger partial charge in [-0.25, -0.2) is 0 Å². The number of nitrogens with one attached hydrogen (secondary N) is 1. The van der Waals surface area contributed by atoms with Crippen LogP contribution in [0.15, 0.2) is 63.8 Å². The summed E-state index contributed by atoms with van der Waals surface area (Å²) in [4.78, 5) is 24.9. The molecule has 0 unspecified atom stereocenters. The van der Waals surface area contributed by atoms with E-state index in [1.807, 2.05) is 59.2 Å². The topological polar surface area (TPSA) is 116 Å². The van der Waals surface area contributed by atoms with Gasteiger partial charge in [-0.1, -0.05) is 42.5 Å². The van der Waals surface area contributed by atoms with Crippen LogP contribution in [0.1, 0.15) is 24.2 Å². The fourth-order valence-electron chi connectivity index (χ4n) is 3.47. The Bertz CT molecular complexity index is 1240. The minimum Gasteiger partial charge on any atom is -0.437 e. The highest BCUT2D eigenvalue weighted by atomic mass is 16.4. The van der Waals surface area contributed by atoms with Gasteiger partial charge in [0, 0.05) is 18.9 Å². The van der Waals surface area contributed by atoms with Crippen LogP contribution in [0.5, 0.6) is 0 Å². The molecular weight excluding hydrogens is 356 g/mol. The maximum Gasteiger partial charge on any atom is 0.223 e. The number of hydrogen-bond donors (Lipinski definition) is 3. The Morgan fingerprint density at radius 1 is 1.11 bits per heavy atom. The van der Waals surface area contributed by atoms with Gasteiger partial charge < -0.3 is 20.5 Å². The van der Waals surface area contributed by atoms with Gasteiger partial charge in [0.25, 0.3) is 0 Å². The third kappa shape index (κ3) is 2.96. The summed E-state index contributed by atoms with van der Waals surface area (Å²) in [5.74, 6) is -0.389. The summed E-state index contributed by atoms with van der Waals surface area (Å²) in [7, 11) is 0. The lowest BCUT2D eigenvalue weighted by Gasteiger charge is -2.12. The molecule has 2 aromatic heterocycles. The van der Waals surface area contributed by atoms with Crippen LogP contribution in [0.2, 0.25) is 0 Å². The van der Waals surface area contributed by atoms with E-state index in [2.05, 4.69) is 5.32 Å². The Kier molecular flexibility index (Phi) is 4.46. The molecule has 0 spiro atoms. The Morgan fingerprint density at radius 2 is 1.79 bits per heavy atom. The Hall–Kier alpha value is -3.42. The minimum absolute atomic E-state index is 0.0115. The summed E-state index contributed by atoms with van der Waals surface area (Å²) in [5.41, 5.74) is 14.0. The molecule has 0 bridgehead atoms. The lowest BCUT2D eigenvalue weighted by atomic mass is 10.1. The molecule has 0 fully saturated rings. The molecule has 0 aliphatic rings. The van der Waals surface area contributed by atoms with E-state index in [0.29, 0.717) is 17.6 Å². The first-order valence-corrected chi connectivity index (χ1v) is 8.88. The van der Waals surface area contributed by atoms with Gasteiger partial charge in [-0.15, -0.1) is 0 Å². The third-order valence-corrected chi connectivity index (χ3v) is 4.64. The monoisotopic (exact) mass is 376 g/mol. The molecule has 5 N–H and O–H groups in total. The number of carbonyl (C=O) groups excluding carboxylic acids is 1. The van der Waals surface area contributed by atoms with Crippen molar-refractivity contribution in [2.75, 3.05) is 5.32 Å². The molecule has 2 aromatic carbocycles. The summed E-state index contributed by atoms with van der Waals surface area (Å²) in [6.45, 7) is 1.81. The average Bonchev–Trinajstić information content (AvgIpc) is 2.96. The highest BCUT2D eigenvalue weighted by Gasteiger charge is 2.24. The van der Waals surface area contributed by atoms with Gasteiger partial charge in [0.05, 0.1) is 17.2 Å². The molecule has 1 amide bonds. The highest BCUT2D eigenvalue weighted by molar-refractivity contribution is 6.05. The van der Waals surface area contributed by atoms with Crippen LogP contribution in [-0.4, -0.2) is 10.5 Å². The van der Waals surface area contributed by atoms with Crippen LogP contribution >= 0.6 is 0 Å². The SMILES string of the molecule is CC(=O)Nc1oc2c3ccccc3n(Cc3ccccc3)c2c(=O)c1C(N)N. The number of nitrogens with two attached hydrogens (primary N) is 2. The summed E-state index contributed by atoms with van der Waals surface area (Å²) >= 11 is 0. The lowest BCUT2D eigenvalue weighted by molar-refractivity contribution is -0.114. The third-order valence-electron chi connectivity index (χ3n) is 4.64. The van der Waals surface area contributed by atoms with E-state index in [1.54, 1.807) is 0 Å². The molecule has 4 aromatic rings. The van der Waals surface area contributed by atoms with E-state index in [9.17, 15) is 9.59 Å². The maximum absolute atomic E-state index is 13.4. The fourth-order valence-corrected chi connectivity index (χ4v) is 3.47. The van der Waals surface area contributed by atoms with Gasteiger partial charge in [-0.05, 0) is 17.7 Å². The Labute approximate surface area is 160 Å². The number of nitrogens with zero attached hydrogens (tertiary/aromatic N) is 1. The van der Waals surface area contributed by atoms with E-state index in [-0.39, 0.29) is 22.8 Å². The molecule has 28 heavy (non-hydrogen) atoms. The van der Waals surface area contributed by atoms with Crippen molar-refractivity contribution in [2.45, 2.75) is 19.6 Å². The predicted octanol–water partition coefficient (Wildman–Crippen LogP) is 2.67. The molecule has 0 atom stereocenters. The zero-order valence-corrected chi connectivity index (χ0v) is 15.3. The molecule has 4 rings (SSSR count). The van der Waals surface area contributed by atoms with E-state index in [0.717, 1.165) is 16.5 Å². The zero-order valence-electron chi connectivity index (χ0n) is 15.3. The zero-order chi connectivity index (χ0) is 19.8. The van der Waals surface area contributed by atoms with Gasteiger partial charge >= 0.3 is 0 Å². The summed E-state index contributed by atoms with van der Waals surface area (Å²) in [6.07, 6.45) is -1.09. The Morgan fingerprint density at radius 3 is 2.46 bits per heavy atom. The number of benzene rings is 2. The van der Waals surface area contributed by atoms with Crippen molar-refractivity contribution < 1.29 is 9.21 Å². The smallest absolute Gasteiger partial charge is 0.223 e. The summed E-state index contributed by atoms with van der Waals surface area (Å²) in [6, 6.07) is 17.4. The second-order valence-corrected chi connectivity index (χ2v) is 6.65. The van der Waals surface area contributed by atoms with Crippen LogP contribution in [0, 0.1) is 0 Å². The molecule has 0 aliphatic carbocycles. The van der Waals surface area contributed by atoms with Gasteiger partial charge in [0.2, 0.25) is 17.2 Å². The minimum atomic E-state index is -1.09. The normalized spacial score (nSPS) is 11.4. The number of aromatic nitrogens is 1. The molecular formula is C21H20N4O3. The van der Waals surface area contributed by atoms with Crippen molar-refractivity contribution in [1.82, 2.24) is 4.57 Å². The van der Waals surface area contributed by atoms with Crippen LogP contribution in [0.25, 0.3) is 22.0 Å². The first kappa shape index (κ1) is 18.0. The number of hydrogen-bond acceptors (Lipinski definition) is 5. The lowest BCUT2D eigenvalue weighted by Crippen LogP contribution is -2.29. The second kappa shape index (κ2) is 6.95. The van der Waals surface area contributed by atoms with E-state index in [1.165, 1.54) is 6.92 Å². The number of anilines is 1. The fraction of sp³-hybridized carbons (Fsp3) is 0.143. The van der Waals surface area contributed by atoms with Crippen LogP contribution in [0.3, 0.4) is 0 Å². The number of para-hydroxylation sites is 1. The van der Waals surface area contributed by atoms with E-state index < -0.39 is 6.17 Å². The predicted molar refractivity (Wildman–Crippen MR) is 109 cm³/mol. The van der Waals surface area contributed by atoms with Crippen molar-refractivity contribution >= 4 is 33.8 Å². The van der Waals surface area contributed by atoms with Crippen molar-refractivity contribution in [3.05, 3.63) is 75.9 Å². The van der Waals surface area contributed by atoms with Crippen molar-refractivity contribution in [3.63, 3.8) is 0 Å². The van der Waals surface area contributed by atoms with Crippen molar-refractivity contribution in [3.8, 4) is 0 Å². The van der Waals surface area contributed by atoms with Gasteiger partial charge in [-0.3, -0.25) is 14.9 Å². The summed E-state index contributed by atoms with van der Waals surface area (Å²) < 4.78 is 7.86. The van der Waals surface area contributed by atoms with Crippen LogP contribution in [-0.2, 0) is 11.3 Å². The van der Waals surface area contributed by atoms with Crippen LogP contribution in [0.4, 0.5) is 5.88 Å². The van der Waals surface area contributed by atoms with Crippen LogP contribution < -0.4 is 22.2 Å². The van der Waals surface area contributed by atoms with Gasteiger partial charge in [-0.2, -0.15) is 0 Å². The molecule has 0 saturated heterocycles. The molecule has 0 aliphatic heterocycles. The first-order valence-electron chi connectivity index (χ1n) is 8.88. The second-order valence-electron chi connectivity index (χ2n) is 6.65. The van der Waals surface area contributed by atoms with E-state index in [4.69, 9.17) is 15.9 Å². The van der Waals surface area contributed by atoms with Gasteiger partial charge in [0.1, 0.15) is 5.52 Å². The molecule has 7 nitrogen and oxygen atoms in total. The number of carbonyl (C=O) groups is 1. The number of rotatable bonds is 4. The molecule has 2 heterocycles. The molecule has 7 heteroatoms. The summed E-state index contributed by atoms with van der Waals surface area (Å²) in [5, 5.41) is 3.31. The largest absolute Gasteiger partial charge is 0.437 e.